The van der Waals surface area contributed by atoms with Crippen LogP contribution in [-0.2, 0) is 13.5 Å². The average molecular weight is 394 g/mol. The summed E-state index contributed by atoms with van der Waals surface area (Å²) in [7, 11) is 2.01. The topological polar surface area (TPSA) is 51.0 Å². The zero-order valence-electron chi connectivity index (χ0n) is 16.8. The maximum absolute atomic E-state index is 13.5. The van der Waals surface area contributed by atoms with Crippen LogP contribution < -0.4 is 0 Å². The van der Waals surface area contributed by atoms with E-state index in [-0.39, 0.29) is 18.0 Å². The van der Waals surface area contributed by atoms with E-state index in [0.29, 0.717) is 0 Å². The lowest BCUT2D eigenvalue weighted by Gasteiger charge is -2.34. The molecule has 0 unspecified atom stereocenters. The van der Waals surface area contributed by atoms with Crippen LogP contribution in [0.2, 0.25) is 0 Å². The van der Waals surface area contributed by atoms with Gasteiger partial charge in [-0.05, 0) is 43.5 Å². The van der Waals surface area contributed by atoms with E-state index in [1.54, 1.807) is 6.20 Å². The standard InChI is InChI=1S/C25H22N4O/c1-28-24(16-6-3-2-4-7-16)20-15-19-10-12-22(23(20)27-28)29(19)25(30)18-9-11-21-17(14-18)8-5-13-26-21/h2-9,11,13-14,19,22H,10,12,15H2,1H3/t19-,22+/m1/s1. The van der Waals surface area contributed by atoms with Crippen LogP contribution in [0.15, 0.2) is 66.9 Å². The molecule has 2 aliphatic rings. The van der Waals surface area contributed by atoms with Gasteiger partial charge >= 0.3 is 0 Å². The summed E-state index contributed by atoms with van der Waals surface area (Å²) in [4.78, 5) is 20.0. The lowest BCUT2D eigenvalue weighted by atomic mass is 9.94. The van der Waals surface area contributed by atoms with Gasteiger partial charge in [0.2, 0.25) is 0 Å². The van der Waals surface area contributed by atoms with E-state index < -0.39 is 0 Å². The molecule has 2 aromatic heterocycles. The van der Waals surface area contributed by atoms with Gasteiger partial charge < -0.3 is 4.90 Å². The van der Waals surface area contributed by atoms with Crippen LogP contribution in [0.5, 0.6) is 0 Å². The molecule has 2 aromatic carbocycles. The van der Waals surface area contributed by atoms with E-state index in [2.05, 4.69) is 34.1 Å². The molecular weight excluding hydrogens is 372 g/mol. The molecule has 2 bridgehead atoms. The van der Waals surface area contributed by atoms with E-state index in [4.69, 9.17) is 5.10 Å². The first-order valence-electron chi connectivity index (χ1n) is 10.5. The van der Waals surface area contributed by atoms with E-state index in [0.717, 1.165) is 41.4 Å². The summed E-state index contributed by atoms with van der Waals surface area (Å²) >= 11 is 0. The Morgan fingerprint density at radius 2 is 1.90 bits per heavy atom. The Labute approximate surface area is 175 Å². The highest BCUT2D eigenvalue weighted by atomic mass is 16.2. The van der Waals surface area contributed by atoms with E-state index in [1.165, 1.54) is 16.8 Å². The van der Waals surface area contributed by atoms with Crippen molar-refractivity contribution in [2.24, 2.45) is 7.05 Å². The Hall–Kier alpha value is -3.47. The Morgan fingerprint density at radius 1 is 1.03 bits per heavy atom. The van der Waals surface area contributed by atoms with E-state index in [1.807, 2.05) is 48.1 Å². The Kier molecular flexibility index (Phi) is 3.78. The quantitative estimate of drug-likeness (QED) is 0.502. The molecule has 4 aromatic rings. The number of benzene rings is 2. The number of fused-ring (bicyclic) bond motifs is 5. The summed E-state index contributed by atoms with van der Waals surface area (Å²) < 4.78 is 1.99. The van der Waals surface area contributed by atoms with Crippen LogP contribution in [0.25, 0.3) is 22.2 Å². The SMILES string of the molecule is Cn1nc2c(c1-c1ccccc1)C[C@H]1CC[C@@H]2N1C(=O)c1ccc2ncccc2c1. The second kappa shape index (κ2) is 6.52. The summed E-state index contributed by atoms with van der Waals surface area (Å²) in [5, 5.41) is 5.89. The van der Waals surface area contributed by atoms with Crippen molar-refractivity contribution >= 4 is 16.8 Å². The molecule has 5 nitrogen and oxygen atoms in total. The maximum atomic E-state index is 13.5. The molecule has 148 valence electrons. The highest BCUT2D eigenvalue weighted by molar-refractivity contribution is 5.98. The Bertz CT molecular complexity index is 1280. The van der Waals surface area contributed by atoms with E-state index >= 15 is 0 Å². The summed E-state index contributed by atoms with van der Waals surface area (Å²) in [6, 6.07) is 20.5. The minimum Gasteiger partial charge on any atom is -0.327 e. The normalized spacial score (nSPS) is 19.8. The molecule has 2 aliphatic heterocycles. The number of rotatable bonds is 2. The van der Waals surface area contributed by atoms with Gasteiger partial charge in [0.15, 0.2) is 0 Å². The summed E-state index contributed by atoms with van der Waals surface area (Å²) in [6.45, 7) is 0. The molecule has 0 saturated carbocycles. The Morgan fingerprint density at radius 3 is 2.77 bits per heavy atom. The molecule has 1 fully saturated rings. The summed E-state index contributed by atoms with van der Waals surface area (Å²) in [5.41, 5.74) is 6.40. The Balaban J connectivity index is 1.40. The number of pyridine rings is 1. The van der Waals surface area contributed by atoms with Crippen LogP contribution in [0, 0.1) is 0 Å². The molecule has 0 radical (unpaired) electrons. The lowest BCUT2D eigenvalue weighted by molar-refractivity contribution is 0.0642. The third-order valence-electron chi connectivity index (χ3n) is 6.57. The molecule has 2 atom stereocenters. The zero-order chi connectivity index (χ0) is 20.2. The third kappa shape index (κ3) is 2.51. The molecule has 1 saturated heterocycles. The van der Waals surface area contributed by atoms with Crippen molar-refractivity contribution < 1.29 is 4.79 Å². The van der Waals surface area contributed by atoms with Gasteiger partial charge in [0.05, 0.1) is 22.9 Å². The monoisotopic (exact) mass is 394 g/mol. The average Bonchev–Trinajstić information content (AvgIpc) is 3.29. The van der Waals surface area contributed by atoms with Crippen LogP contribution in [0.3, 0.4) is 0 Å². The fourth-order valence-electron chi connectivity index (χ4n) is 5.27. The first kappa shape index (κ1) is 17.4. The van der Waals surface area contributed by atoms with Crippen LogP contribution in [-0.4, -0.2) is 31.6 Å². The van der Waals surface area contributed by atoms with Gasteiger partial charge in [0.1, 0.15) is 0 Å². The molecule has 1 amide bonds. The fourth-order valence-corrected chi connectivity index (χ4v) is 5.27. The smallest absolute Gasteiger partial charge is 0.254 e. The van der Waals surface area contributed by atoms with Gasteiger partial charge in [-0.1, -0.05) is 36.4 Å². The highest BCUT2D eigenvalue weighted by Gasteiger charge is 2.45. The molecular formula is C25H22N4O. The van der Waals surface area contributed by atoms with Crippen molar-refractivity contribution in [1.82, 2.24) is 19.7 Å². The lowest BCUT2D eigenvalue weighted by Crippen LogP contribution is -2.41. The molecule has 0 N–H and O–H groups in total. The van der Waals surface area contributed by atoms with Gasteiger partial charge in [-0.15, -0.1) is 0 Å². The number of hydrogen-bond donors (Lipinski definition) is 0. The molecule has 6 rings (SSSR count). The van der Waals surface area contributed by atoms with Gasteiger partial charge in [-0.25, -0.2) is 0 Å². The van der Waals surface area contributed by atoms with Crippen LogP contribution in [0.4, 0.5) is 0 Å². The number of carbonyl (C=O) groups excluding carboxylic acids is 1. The maximum Gasteiger partial charge on any atom is 0.254 e. The van der Waals surface area contributed by atoms with Crippen molar-refractivity contribution in [2.45, 2.75) is 31.3 Å². The largest absolute Gasteiger partial charge is 0.327 e. The predicted molar refractivity (Wildman–Crippen MR) is 116 cm³/mol. The van der Waals surface area contributed by atoms with Crippen molar-refractivity contribution in [2.75, 3.05) is 0 Å². The first-order chi connectivity index (χ1) is 14.7. The van der Waals surface area contributed by atoms with Crippen molar-refractivity contribution in [3.05, 3.63) is 83.7 Å². The predicted octanol–water partition coefficient (Wildman–Crippen LogP) is 4.54. The van der Waals surface area contributed by atoms with Gasteiger partial charge in [0.25, 0.3) is 5.91 Å². The van der Waals surface area contributed by atoms with Crippen molar-refractivity contribution in [1.29, 1.82) is 0 Å². The number of aryl methyl sites for hydroxylation is 1. The zero-order valence-corrected chi connectivity index (χ0v) is 16.8. The summed E-state index contributed by atoms with van der Waals surface area (Å²) in [5.74, 6) is 0.103. The number of aromatic nitrogens is 3. The summed E-state index contributed by atoms with van der Waals surface area (Å²) in [6.07, 6.45) is 4.65. The second-order valence-corrected chi connectivity index (χ2v) is 8.28. The minimum atomic E-state index is 0.0551. The third-order valence-corrected chi connectivity index (χ3v) is 6.57. The molecule has 0 spiro atoms. The number of carbonyl (C=O) groups is 1. The number of nitrogens with zero attached hydrogens (tertiary/aromatic N) is 4. The van der Waals surface area contributed by atoms with Crippen molar-refractivity contribution in [3.63, 3.8) is 0 Å². The second-order valence-electron chi connectivity index (χ2n) is 8.28. The molecule has 4 heterocycles. The van der Waals surface area contributed by atoms with Crippen LogP contribution >= 0.6 is 0 Å². The fraction of sp³-hybridized carbons (Fsp3) is 0.240. The molecule has 30 heavy (non-hydrogen) atoms. The van der Waals surface area contributed by atoms with Gasteiger partial charge in [-0.3, -0.25) is 14.5 Å². The van der Waals surface area contributed by atoms with Gasteiger partial charge in [0, 0.05) is 41.4 Å². The molecule has 0 aliphatic carbocycles. The number of hydrogen-bond acceptors (Lipinski definition) is 3. The molecule has 5 heteroatoms. The number of amides is 1. The van der Waals surface area contributed by atoms with E-state index in [9.17, 15) is 4.79 Å². The van der Waals surface area contributed by atoms with Gasteiger partial charge in [-0.2, -0.15) is 5.10 Å². The van der Waals surface area contributed by atoms with Crippen molar-refractivity contribution in [3.8, 4) is 11.3 Å². The van der Waals surface area contributed by atoms with Crippen LogP contribution in [0.1, 0.15) is 40.5 Å². The highest BCUT2D eigenvalue weighted by Crippen LogP contribution is 2.46. The first-order valence-corrected chi connectivity index (χ1v) is 10.5. The minimum absolute atomic E-state index is 0.0551.